The third kappa shape index (κ3) is 4.19. The number of carbonyl (C=O) groups excluding carboxylic acids is 2. The molecule has 0 radical (unpaired) electrons. The first kappa shape index (κ1) is 23.5. The molecule has 3 aromatic rings. The Balaban J connectivity index is 1.60. The minimum absolute atomic E-state index is 0.142. The lowest BCUT2D eigenvalue weighted by molar-refractivity contribution is -0.150. The van der Waals surface area contributed by atoms with Gasteiger partial charge in [-0.2, -0.15) is 0 Å². The van der Waals surface area contributed by atoms with Gasteiger partial charge >= 0.3 is 5.97 Å². The number of esters is 1. The number of fused-ring (bicyclic) bond motifs is 2. The SMILES string of the molecule is COC(=O)[C@@H]1C(=O)N(Cc2ccc(OC)cc2OC)c2ccccc2C[C@H]1c1ccc2c(c1)OCO2. The van der Waals surface area contributed by atoms with E-state index < -0.39 is 17.8 Å². The number of ether oxygens (including phenoxy) is 5. The Kier molecular flexibility index (Phi) is 6.41. The molecule has 0 N–H and O–H groups in total. The van der Waals surface area contributed by atoms with Gasteiger partial charge in [0.25, 0.3) is 0 Å². The Morgan fingerprint density at radius 2 is 1.78 bits per heavy atom. The second-order valence-electron chi connectivity index (χ2n) is 8.66. The molecule has 0 aromatic heterocycles. The van der Waals surface area contributed by atoms with Crippen LogP contribution in [0, 0.1) is 5.92 Å². The molecule has 0 saturated carbocycles. The molecule has 36 heavy (non-hydrogen) atoms. The highest BCUT2D eigenvalue weighted by molar-refractivity contribution is 6.08. The summed E-state index contributed by atoms with van der Waals surface area (Å²) in [5.41, 5.74) is 3.29. The second kappa shape index (κ2) is 9.81. The monoisotopic (exact) mass is 489 g/mol. The molecule has 0 aliphatic carbocycles. The fourth-order valence-corrected chi connectivity index (χ4v) is 4.92. The van der Waals surface area contributed by atoms with Gasteiger partial charge in [-0.15, -0.1) is 0 Å². The normalized spacial score (nSPS) is 18.3. The number of nitrogens with zero attached hydrogens (tertiary/aromatic N) is 1. The highest BCUT2D eigenvalue weighted by Gasteiger charge is 2.43. The number of para-hydroxylation sites is 1. The van der Waals surface area contributed by atoms with Gasteiger partial charge in [-0.3, -0.25) is 9.59 Å². The van der Waals surface area contributed by atoms with E-state index in [9.17, 15) is 9.59 Å². The smallest absolute Gasteiger partial charge is 0.318 e. The van der Waals surface area contributed by atoms with Gasteiger partial charge in [0.15, 0.2) is 11.5 Å². The van der Waals surface area contributed by atoms with Crippen molar-refractivity contribution in [2.24, 2.45) is 5.92 Å². The van der Waals surface area contributed by atoms with Crippen LogP contribution >= 0.6 is 0 Å². The van der Waals surface area contributed by atoms with Crippen molar-refractivity contribution in [1.29, 1.82) is 0 Å². The molecular weight excluding hydrogens is 462 g/mol. The molecule has 5 rings (SSSR count). The van der Waals surface area contributed by atoms with Gasteiger partial charge in [0.2, 0.25) is 12.7 Å². The summed E-state index contributed by atoms with van der Waals surface area (Å²) in [4.78, 5) is 28.9. The van der Waals surface area contributed by atoms with Crippen molar-refractivity contribution in [1.82, 2.24) is 0 Å². The van der Waals surface area contributed by atoms with E-state index in [0.717, 1.165) is 22.4 Å². The van der Waals surface area contributed by atoms with Crippen LogP contribution in [-0.2, 0) is 27.3 Å². The van der Waals surface area contributed by atoms with Crippen LogP contribution in [0.15, 0.2) is 60.7 Å². The van der Waals surface area contributed by atoms with Crippen LogP contribution in [0.5, 0.6) is 23.0 Å². The Labute approximate surface area is 209 Å². The van der Waals surface area contributed by atoms with Gasteiger partial charge in [-0.25, -0.2) is 0 Å². The first-order valence-corrected chi connectivity index (χ1v) is 11.6. The summed E-state index contributed by atoms with van der Waals surface area (Å²) in [6, 6.07) is 18.7. The quantitative estimate of drug-likeness (QED) is 0.381. The zero-order chi connectivity index (χ0) is 25.2. The molecule has 3 aromatic carbocycles. The number of rotatable bonds is 6. The maximum absolute atomic E-state index is 14.2. The largest absolute Gasteiger partial charge is 0.497 e. The molecule has 1 amide bonds. The third-order valence-corrected chi connectivity index (χ3v) is 6.76. The number of hydrogen-bond donors (Lipinski definition) is 0. The van der Waals surface area contributed by atoms with E-state index in [1.54, 1.807) is 25.2 Å². The summed E-state index contributed by atoms with van der Waals surface area (Å²) in [5, 5.41) is 0. The summed E-state index contributed by atoms with van der Waals surface area (Å²) in [7, 11) is 4.46. The third-order valence-electron chi connectivity index (χ3n) is 6.76. The van der Waals surface area contributed by atoms with Crippen LogP contribution in [0.4, 0.5) is 5.69 Å². The van der Waals surface area contributed by atoms with Gasteiger partial charge in [-0.05, 0) is 47.9 Å². The molecule has 2 aliphatic rings. The average molecular weight is 490 g/mol. The van der Waals surface area contributed by atoms with E-state index in [-0.39, 0.29) is 19.2 Å². The lowest BCUT2D eigenvalue weighted by Gasteiger charge is -2.28. The Morgan fingerprint density at radius 3 is 2.56 bits per heavy atom. The summed E-state index contributed by atoms with van der Waals surface area (Å²) in [6.45, 7) is 0.355. The molecule has 0 saturated heterocycles. The van der Waals surface area contributed by atoms with E-state index >= 15 is 0 Å². The molecular formula is C28H27NO7. The van der Waals surface area contributed by atoms with Crippen molar-refractivity contribution in [3.63, 3.8) is 0 Å². The minimum Gasteiger partial charge on any atom is -0.497 e. The van der Waals surface area contributed by atoms with Crippen LogP contribution in [0.3, 0.4) is 0 Å². The van der Waals surface area contributed by atoms with E-state index in [2.05, 4.69) is 0 Å². The highest BCUT2D eigenvalue weighted by Crippen LogP contribution is 2.43. The zero-order valence-electron chi connectivity index (χ0n) is 20.4. The molecule has 2 atom stereocenters. The van der Waals surface area contributed by atoms with E-state index in [1.807, 2.05) is 54.6 Å². The lowest BCUT2D eigenvalue weighted by atomic mass is 9.81. The molecule has 0 spiro atoms. The lowest BCUT2D eigenvalue weighted by Crippen LogP contribution is -2.41. The van der Waals surface area contributed by atoms with Crippen LogP contribution in [-0.4, -0.2) is 40.0 Å². The number of carbonyl (C=O) groups is 2. The minimum atomic E-state index is -1.05. The van der Waals surface area contributed by atoms with E-state index in [0.29, 0.717) is 29.4 Å². The van der Waals surface area contributed by atoms with Crippen LogP contribution in [0.1, 0.15) is 22.6 Å². The first-order valence-electron chi connectivity index (χ1n) is 11.6. The summed E-state index contributed by atoms with van der Waals surface area (Å²) < 4.78 is 27.1. The number of hydrogen-bond acceptors (Lipinski definition) is 7. The molecule has 0 fully saturated rings. The van der Waals surface area contributed by atoms with Crippen LogP contribution < -0.4 is 23.8 Å². The van der Waals surface area contributed by atoms with Crippen molar-refractivity contribution < 1.29 is 33.3 Å². The van der Waals surface area contributed by atoms with Crippen molar-refractivity contribution in [3.05, 3.63) is 77.4 Å². The number of anilines is 1. The molecule has 0 bridgehead atoms. The van der Waals surface area contributed by atoms with Gasteiger partial charge in [0.1, 0.15) is 17.4 Å². The predicted octanol–water partition coefficient (Wildman–Crippen LogP) is 4.09. The number of amides is 1. The van der Waals surface area contributed by atoms with Crippen molar-refractivity contribution >= 4 is 17.6 Å². The summed E-state index contributed by atoms with van der Waals surface area (Å²) >= 11 is 0. The number of methoxy groups -OCH3 is 3. The Morgan fingerprint density at radius 1 is 0.972 bits per heavy atom. The standard InChI is InChI=1S/C28H27NO7/c1-32-20-10-8-19(24(14-20)33-2)15-29-22-7-5-4-6-18(22)12-21(26(27(29)30)28(31)34-3)17-9-11-23-25(13-17)36-16-35-23/h4-11,13-14,21,26H,12,15-16H2,1-3H3/t21-,26-/m0/s1. The fraction of sp³-hybridized carbons (Fsp3) is 0.286. The Hall–Kier alpha value is -4.20. The summed E-state index contributed by atoms with van der Waals surface area (Å²) in [5.74, 6) is 0.0482. The van der Waals surface area contributed by atoms with Crippen molar-refractivity contribution in [2.75, 3.05) is 33.0 Å². The van der Waals surface area contributed by atoms with Crippen LogP contribution in [0.25, 0.3) is 0 Å². The zero-order valence-corrected chi connectivity index (χ0v) is 20.4. The van der Waals surface area contributed by atoms with Crippen molar-refractivity contribution in [2.45, 2.75) is 18.9 Å². The Bertz CT molecular complexity index is 1300. The molecule has 2 heterocycles. The first-order chi connectivity index (χ1) is 17.5. The molecule has 2 aliphatic heterocycles. The van der Waals surface area contributed by atoms with Gasteiger partial charge in [0.05, 0.1) is 27.9 Å². The van der Waals surface area contributed by atoms with Crippen molar-refractivity contribution in [3.8, 4) is 23.0 Å². The second-order valence-corrected chi connectivity index (χ2v) is 8.66. The van der Waals surface area contributed by atoms with Gasteiger partial charge < -0.3 is 28.6 Å². The molecule has 186 valence electrons. The maximum Gasteiger partial charge on any atom is 0.318 e. The summed E-state index contributed by atoms with van der Waals surface area (Å²) in [6.07, 6.45) is 0.470. The molecule has 0 unspecified atom stereocenters. The molecule has 8 heteroatoms. The van der Waals surface area contributed by atoms with E-state index in [1.165, 1.54) is 7.11 Å². The number of benzene rings is 3. The highest BCUT2D eigenvalue weighted by atomic mass is 16.7. The van der Waals surface area contributed by atoms with Crippen LogP contribution in [0.2, 0.25) is 0 Å². The fourth-order valence-electron chi connectivity index (χ4n) is 4.92. The topological polar surface area (TPSA) is 83.5 Å². The predicted molar refractivity (Wildman–Crippen MR) is 132 cm³/mol. The van der Waals surface area contributed by atoms with E-state index in [4.69, 9.17) is 23.7 Å². The maximum atomic E-state index is 14.2. The average Bonchev–Trinajstić information content (AvgIpc) is 3.35. The van der Waals surface area contributed by atoms with Gasteiger partial charge in [0, 0.05) is 23.2 Å². The molecule has 8 nitrogen and oxygen atoms in total. The van der Waals surface area contributed by atoms with Gasteiger partial charge in [-0.1, -0.05) is 24.3 Å².